The minimum absolute atomic E-state index is 0.246. The van der Waals surface area contributed by atoms with Gasteiger partial charge in [-0.2, -0.15) is 0 Å². The number of anilines is 2. The minimum atomic E-state index is -0.334. The summed E-state index contributed by atoms with van der Waals surface area (Å²) in [4.78, 5) is 19.8. The number of amides is 1. The molecular formula is C12H11ClN4O. The highest BCUT2D eigenvalue weighted by Crippen LogP contribution is 2.18. The Kier molecular flexibility index (Phi) is 3.43. The number of hydrogen-bond acceptors (Lipinski definition) is 4. The van der Waals surface area contributed by atoms with Crippen LogP contribution in [0.4, 0.5) is 11.5 Å². The average molecular weight is 263 g/mol. The van der Waals surface area contributed by atoms with E-state index in [-0.39, 0.29) is 16.7 Å². The monoisotopic (exact) mass is 262 g/mol. The van der Waals surface area contributed by atoms with E-state index in [0.717, 1.165) is 5.69 Å². The molecule has 0 atom stereocenters. The normalized spacial score (nSPS) is 10.1. The van der Waals surface area contributed by atoms with Gasteiger partial charge in [-0.05, 0) is 25.1 Å². The Morgan fingerprint density at radius 3 is 2.89 bits per heavy atom. The van der Waals surface area contributed by atoms with Crippen molar-refractivity contribution in [3.05, 3.63) is 46.9 Å². The first kappa shape index (κ1) is 12.3. The van der Waals surface area contributed by atoms with Gasteiger partial charge in [-0.15, -0.1) is 0 Å². The first-order chi connectivity index (χ1) is 8.56. The van der Waals surface area contributed by atoms with Crippen LogP contribution in [-0.4, -0.2) is 15.9 Å². The molecule has 2 aromatic heterocycles. The average Bonchev–Trinajstić information content (AvgIpc) is 2.32. The second-order valence-electron chi connectivity index (χ2n) is 3.73. The third-order valence-corrected chi connectivity index (χ3v) is 2.58. The summed E-state index contributed by atoms with van der Waals surface area (Å²) in [7, 11) is 0. The van der Waals surface area contributed by atoms with Gasteiger partial charge in [-0.1, -0.05) is 11.6 Å². The number of nitrogens with two attached hydrogens (primary N) is 1. The molecule has 0 unspecified atom stereocenters. The smallest absolute Gasteiger partial charge is 0.257 e. The predicted molar refractivity (Wildman–Crippen MR) is 70.6 cm³/mol. The predicted octanol–water partition coefficient (Wildman–Crippen LogP) is 2.27. The summed E-state index contributed by atoms with van der Waals surface area (Å²) >= 11 is 5.90. The molecule has 2 heterocycles. The molecule has 2 aromatic rings. The second-order valence-corrected chi connectivity index (χ2v) is 4.14. The lowest BCUT2D eigenvalue weighted by Gasteiger charge is -2.07. The van der Waals surface area contributed by atoms with Crippen LogP contribution >= 0.6 is 11.6 Å². The summed E-state index contributed by atoms with van der Waals surface area (Å²) in [5, 5.41) is 2.98. The van der Waals surface area contributed by atoms with Gasteiger partial charge in [0.25, 0.3) is 5.91 Å². The van der Waals surface area contributed by atoms with Crippen LogP contribution in [0, 0.1) is 6.92 Å². The Bertz CT molecular complexity index is 600. The van der Waals surface area contributed by atoms with E-state index >= 15 is 0 Å². The number of carbonyl (C=O) groups excluding carboxylic acids is 1. The van der Waals surface area contributed by atoms with Gasteiger partial charge in [-0.25, -0.2) is 4.98 Å². The highest BCUT2D eigenvalue weighted by Gasteiger charge is 2.11. The van der Waals surface area contributed by atoms with Gasteiger partial charge in [-0.3, -0.25) is 9.78 Å². The number of nitrogens with one attached hydrogen (secondary N) is 1. The maximum Gasteiger partial charge on any atom is 0.257 e. The summed E-state index contributed by atoms with van der Waals surface area (Å²) in [6, 6.07) is 4.89. The van der Waals surface area contributed by atoms with Crippen molar-refractivity contribution >= 4 is 29.0 Å². The van der Waals surface area contributed by atoms with Crippen LogP contribution in [0.2, 0.25) is 5.02 Å². The highest BCUT2D eigenvalue weighted by atomic mass is 35.5. The minimum Gasteiger partial charge on any atom is -0.384 e. The third kappa shape index (κ3) is 2.75. The van der Waals surface area contributed by atoms with Gasteiger partial charge in [0, 0.05) is 23.8 Å². The van der Waals surface area contributed by atoms with E-state index < -0.39 is 0 Å². The molecular weight excluding hydrogens is 252 g/mol. The summed E-state index contributed by atoms with van der Waals surface area (Å²) < 4.78 is 0. The Morgan fingerprint density at radius 2 is 2.17 bits per heavy atom. The van der Waals surface area contributed by atoms with E-state index in [9.17, 15) is 4.79 Å². The maximum absolute atomic E-state index is 12.0. The van der Waals surface area contributed by atoms with E-state index in [1.165, 1.54) is 12.3 Å². The molecule has 0 spiro atoms. The van der Waals surface area contributed by atoms with E-state index in [0.29, 0.717) is 11.3 Å². The fourth-order valence-electron chi connectivity index (χ4n) is 1.45. The van der Waals surface area contributed by atoms with Crippen molar-refractivity contribution in [3.8, 4) is 0 Å². The van der Waals surface area contributed by atoms with Crippen molar-refractivity contribution in [1.29, 1.82) is 0 Å². The van der Waals surface area contributed by atoms with Gasteiger partial charge in [0.2, 0.25) is 0 Å². The number of aryl methyl sites for hydroxylation is 1. The quantitative estimate of drug-likeness (QED) is 0.870. The lowest BCUT2D eigenvalue weighted by atomic mass is 10.2. The zero-order chi connectivity index (χ0) is 13.1. The van der Waals surface area contributed by atoms with Crippen LogP contribution < -0.4 is 11.1 Å². The molecule has 0 aliphatic carbocycles. The molecule has 0 aromatic carbocycles. The molecule has 0 saturated heterocycles. The van der Waals surface area contributed by atoms with Gasteiger partial charge in [0.05, 0.1) is 10.6 Å². The summed E-state index contributed by atoms with van der Waals surface area (Å²) in [5.41, 5.74) is 7.28. The Balaban J connectivity index is 2.24. The number of carbonyl (C=O) groups is 1. The van der Waals surface area contributed by atoms with E-state index in [1.54, 1.807) is 18.3 Å². The molecule has 0 bridgehead atoms. The molecule has 0 radical (unpaired) electrons. The van der Waals surface area contributed by atoms with Crippen molar-refractivity contribution in [3.63, 3.8) is 0 Å². The molecule has 0 aliphatic rings. The SMILES string of the molecule is Cc1cc(NC(=O)c2cc(N)ncc2Cl)ccn1. The molecule has 18 heavy (non-hydrogen) atoms. The van der Waals surface area contributed by atoms with Gasteiger partial charge < -0.3 is 11.1 Å². The zero-order valence-corrected chi connectivity index (χ0v) is 10.4. The van der Waals surface area contributed by atoms with Gasteiger partial charge in [0.1, 0.15) is 5.82 Å². The Morgan fingerprint density at radius 1 is 1.39 bits per heavy atom. The Labute approximate surface area is 109 Å². The molecule has 6 heteroatoms. The molecule has 1 amide bonds. The number of pyridine rings is 2. The number of halogens is 1. The van der Waals surface area contributed by atoms with Crippen LogP contribution in [0.1, 0.15) is 16.1 Å². The Hall–Kier alpha value is -2.14. The van der Waals surface area contributed by atoms with Crippen LogP contribution in [0.15, 0.2) is 30.6 Å². The first-order valence-electron chi connectivity index (χ1n) is 5.21. The van der Waals surface area contributed by atoms with Crippen molar-refractivity contribution in [2.75, 3.05) is 11.1 Å². The van der Waals surface area contributed by atoms with E-state index in [1.807, 2.05) is 6.92 Å². The van der Waals surface area contributed by atoms with Gasteiger partial charge in [0.15, 0.2) is 0 Å². The third-order valence-electron chi connectivity index (χ3n) is 2.28. The second kappa shape index (κ2) is 5.01. The molecule has 0 fully saturated rings. The van der Waals surface area contributed by atoms with Crippen molar-refractivity contribution in [2.24, 2.45) is 0 Å². The lowest BCUT2D eigenvalue weighted by molar-refractivity contribution is 0.102. The van der Waals surface area contributed by atoms with Crippen LogP contribution in [-0.2, 0) is 0 Å². The molecule has 2 rings (SSSR count). The van der Waals surface area contributed by atoms with Gasteiger partial charge >= 0.3 is 0 Å². The van der Waals surface area contributed by atoms with Crippen molar-refractivity contribution < 1.29 is 4.79 Å². The number of hydrogen-bond donors (Lipinski definition) is 2. The topological polar surface area (TPSA) is 80.9 Å². The maximum atomic E-state index is 12.0. The number of nitrogen functional groups attached to an aromatic ring is 1. The van der Waals surface area contributed by atoms with Crippen molar-refractivity contribution in [2.45, 2.75) is 6.92 Å². The standard InChI is InChI=1S/C12H11ClN4O/c1-7-4-8(2-3-15-7)17-12(18)9-5-11(14)16-6-10(9)13/h2-6H,1H3,(H2,14,16)(H,15,17,18). The zero-order valence-electron chi connectivity index (χ0n) is 9.64. The lowest BCUT2D eigenvalue weighted by Crippen LogP contribution is -2.13. The van der Waals surface area contributed by atoms with Crippen LogP contribution in [0.3, 0.4) is 0 Å². The van der Waals surface area contributed by atoms with E-state index in [2.05, 4.69) is 15.3 Å². The molecule has 3 N–H and O–H groups in total. The van der Waals surface area contributed by atoms with E-state index in [4.69, 9.17) is 17.3 Å². The number of rotatable bonds is 2. The fourth-order valence-corrected chi connectivity index (χ4v) is 1.64. The van der Waals surface area contributed by atoms with Crippen LogP contribution in [0.5, 0.6) is 0 Å². The summed E-state index contributed by atoms with van der Waals surface area (Å²) in [6.07, 6.45) is 2.97. The summed E-state index contributed by atoms with van der Waals surface area (Å²) in [5.74, 6) is -0.0878. The highest BCUT2D eigenvalue weighted by molar-refractivity contribution is 6.34. The molecule has 92 valence electrons. The largest absolute Gasteiger partial charge is 0.384 e. The fraction of sp³-hybridized carbons (Fsp3) is 0.0833. The number of nitrogens with zero attached hydrogens (tertiary/aromatic N) is 2. The molecule has 5 nitrogen and oxygen atoms in total. The van der Waals surface area contributed by atoms with Crippen LogP contribution in [0.25, 0.3) is 0 Å². The molecule has 0 saturated carbocycles. The van der Waals surface area contributed by atoms with Crippen molar-refractivity contribution in [1.82, 2.24) is 9.97 Å². The number of aromatic nitrogens is 2. The summed E-state index contributed by atoms with van der Waals surface area (Å²) in [6.45, 7) is 1.84. The first-order valence-corrected chi connectivity index (χ1v) is 5.59. The molecule has 0 aliphatic heterocycles.